The second kappa shape index (κ2) is 12.3. The number of carbonyl (C=O) groups excluding carboxylic acids is 1. The number of para-hydroxylation sites is 1. The Bertz CT molecular complexity index is 1500. The zero-order chi connectivity index (χ0) is 30.8. The molecule has 0 radical (unpaired) electrons. The van der Waals surface area contributed by atoms with Gasteiger partial charge in [-0.25, -0.2) is 23.2 Å². The highest BCUT2D eigenvalue weighted by Crippen LogP contribution is 2.39. The minimum atomic E-state index is -4.05. The lowest BCUT2D eigenvalue weighted by Gasteiger charge is -2.24. The van der Waals surface area contributed by atoms with Gasteiger partial charge in [-0.2, -0.15) is 0 Å². The molecule has 0 aliphatic carbocycles. The molecule has 1 aliphatic heterocycles. The Balaban J connectivity index is 1.73. The summed E-state index contributed by atoms with van der Waals surface area (Å²) in [5.74, 6) is 0.676. The van der Waals surface area contributed by atoms with Crippen LogP contribution in [0.15, 0.2) is 30.6 Å². The summed E-state index contributed by atoms with van der Waals surface area (Å²) in [6.45, 7) is 9.44. The third-order valence-corrected chi connectivity index (χ3v) is 9.04. The Labute approximate surface area is 250 Å². The van der Waals surface area contributed by atoms with Crippen LogP contribution in [0.3, 0.4) is 0 Å². The van der Waals surface area contributed by atoms with Crippen molar-refractivity contribution in [3.63, 3.8) is 0 Å². The molecule has 0 spiro atoms. The number of likely N-dealkylation sites (tertiary alicyclic amines) is 1. The van der Waals surface area contributed by atoms with Gasteiger partial charge in [0.1, 0.15) is 34.4 Å². The number of anilines is 1. The number of amides is 1. The molecule has 0 bridgehead atoms. The molecule has 42 heavy (non-hydrogen) atoms. The SMILES string of the molecule is COc1cccc(OC)c1-n1c(NS(=O)(=O)[C@@H](C)[C@H](C)c2ncc(Cl)cn2)nnc1[C@H]1CCN(C(=O)OC(C)(C)C)C1. The number of hydrogen-bond donors (Lipinski definition) is 1. The van der Waals surface area contributed by atoms with E-state index < -0.39 is 32.9 Å². The standard InChI is InChI=1S/C27H36ClN7O6S/c1-16(23-29-13-19(28)14-30-23)17(2)42(37,38)33-25-32-31-24(18-11-12-34(15-18)26(36)41-27(3,4)5)35(25)22-20(39-6)9-8-10-21(22)40-7/h8-10,13-14,16-18H,11-12,15H2,1-7H3,(H,32,33)/t16-,17-,18-/m0/s1. The number of rotatable bonds is 9. The molecule has 1 saturated heterocycles. The summed E-state index contributed by atoms with van der Waals surface area (Å²) in [5, 5.41) is 8.06. The predicted molar refractivity (Wildman–Crippen MR) is 157 cm³/mol. The van der Waals surface area contributed by atoms with E-state index in [9.17, 15) is 13.2 Å². The van der Waals surface area contributed by atoms with Crippen molar-refractivity contribution in [1.82, 2.24) is 29.6 Å². The number of carbonyl (C=O) groups is 1. The molecule has 0 saturated carbocycles. The first kappa shape index (κ1) is 31.3. The summed E-state index contributed by atoms with van der Waals surface area (Å²) in [6.07, 6.45) is 2.97. The highest BCUT2D eigenvalue weighted by Gasteiger charge is 2.37. The molecule has 0 unspecified atom stereocenters. The molecule has 3 heterocycles. The van der Waals surface area contributed by atoms with Gasteiger partial charge in [-0.15, -0.1) is 10.2 Å². The fourth-order valence-electron chi connectivity index (χ4n) is 4.62. The van der Waals surface area contributed by atoms with Crippen LogP contribution in [0.25, 0.3) is 5.69 Å². The molecule has 228 valence electrons. The van der Waals surface area contributed by atoms with Gasteiger partial charge in [0.25, 0.3) is 0 Å². The van der Waals surface area contributed by atoms with Crippen LogP contribution in [-0.4, -0.2) is 82.3 Å². The molecule has 1 amide bonds. The molecular weight excluding hydrogens is 586 g/mol. The number of hydrogen-bond acceptors (Lipinski definition) is 10. The predicted octanol–water partition coefficient (Wildman–Crippen LogP) is 4.39. The summed E-state index contributed by atoms with van der Waals surface area (Å²) < 4.78 is 48.4. The molecular formula is C27H36ClN7O6S. The lowest BCUT2D eigenvalue weighted by atomic mass is 10.1. The third-order valence-electron chi connectivity index (χ3n) is 6.99. The minimum absolute atomic E-state index is 0.0559. The summed E-state index contributed by atoms with van der Waals surface area (Å²) in [4.78, 5) is 22.8. The molecule has 2 aromatic heterocycles. The van der Waals surface area contributed by atoms with E-state index in [0.717, 1.165) is 0 Å². The topological polar surface area (TPSA) is 151 Å². The van der Waals surface area contributed by atoms with E-state index in [-0.39, 0.29) is 11.9 Å². The van der Waals surface area contributed by atoms with E-state index in [2.05, 4.69) is 24.9 Å². The largest absolute Gasteiger partial charge is 0.494 e. The first-order valence-corrected chi connectivity index (χ1v) is 15.3. The molecule has 1 N–H and O–H groups in total. The van der Waals surface area contributed by atoms with Gasteiger partial charge in [0.15, 0.2) is 0 Å². The first-order chi connectivity index (χ1) is 19.8. The lowest BCUT2D eigenvalue weighted by molar-refractivity contribution is 0.0292. The van der Waals surface area contributed by atoms with Gasteiger partial charge in [-0.05, 0) is 46.2 Å². The summed E-state index contributed by atoms with van der Waals surface area (Å²) in [7, 11) is -1.04. The van der Waals surface area contributed by atoms with Crippen molar-refractivity contribution in [2.75, 3.05) is 32.0 Å². The average molecular weight is 622 g/mol. The van der Waals surface area contributed by atoms with Crippen molar-refractivity contribution in [2.24, 2.45) is 0 Å². The molecule has 15 heteroatoms. The third kappa shape index (κ3) is 6.70. The summed E-state index contributed by atoms with van der Waals surface area (Å²) in [6, 6.07) is 5.21. The Morgan fingerprint density at radius 1 is 1.10 bits per heavy atom. The number of nitrogens with one attached hydrogen (secondary N) is 1. The molecule has 3 aromatic rings. The Kier molecular flexibility index (Phi) is 9.16. The van der Waals surface area contributed by atoms with Crippen LogP contribution in [-0.2, 0) is 14.8 Å². The average Bonchev–Trinajstić information content (AvgIpc) is 3.58. The highest BCUT2D eigenvalue weighted by molar-refractivity contribution is 7.93. The van der Waals surface area contributed by atoms with Crippen molar-refractivity contribution in [3.8, 4) is 17.2 Å². The number of halogens is 1. The van der Waals surface area contributed by atoms with Crippen LogP contribution in [0.1, 0.15) is 64.5 Å². The van der Waals surface area contributed by atoms with Gasteiger partial charge in [0.2, 0.25) is 16.0 Å². The number of sulfonamides is 1. The number of methoxy groups -OCH3 is 2. The van der Waals surface area contributed by atoms with Crippen molar-refractivity contribution in [1.29, 1.82) is 0 Å². The van der Waals surface area contributed by atoms with Gasteiger partial charge >= 0.3 is 6.09 Å². The van der Waals surface area contributed by atoms with Crippen molar-refractivity contribution >= 4 is 33.7 Å². The summed E-state index contributed by atoms with van der Waals surface area (Å²) in [5.41, 5.74) is -0.228. The quantitative estimate of drug-likeness (QED) is 0.364. The van der Waals surface area contributed by atoms with Crippen LogP contribution in [0, 0.1) is 0 Å². The second-order valence-electron chi connectivity index (χ2n) is 11.0. The molecule has 1 fully saturated rings. The van der Waals surface area contributed by atoms with Gasteiger partial charge in [0.05, 0.1) is 24.5 Å². The van der Waals surface area contributed by atoms with Crippen molar-refractivity contribution in [3.05, 3.63) is 47.3 Å². The van der Waals surface area contributed by atoms with Crippen molar-refractivity contribution in [2.45, 2.75) is 63.7 Å². The maximum atomic E-state index is 13.7. The van der Waals surface area contributed by atoms with Crippen LogP contribution < -0.4 is 14.2 Å². The smallest absolute Gasteiger partial charge is 0.410 e. The van der Waals surface area contributed by atoms with Crippen LogP contribution in [0.5, 0.6) is 11.5 Å². The van der Waals surface area contributed by atoms with Crippen LogP contribution >= 0.6 is 11.6 Å². The highest BCUT2D eigenvalue weighted by atomic mass is 35.5. The number of nitrogens with zero attached hydrogens (tertiary/aromatic N) is 6. The zero-order valence-electron chi connectivity index (χ0n) is 24.7. The second-order valence-corrected chi connectivity index (χ2v) is 13.5. The molecule has 13 nitrogen and oxygen atoms in total. The number of aromatic nitrogens is 5. The van der Waals surface area contributed by atoms with E-state index in [1.807, 2.05) is 20.8 Å². The molecule has 3 atom stereocenters. The normalized spacial score (nSPS) is 17.0. The van der Waals surface area contributed by atoms with Gasteiger partial charge in [0, 0.05) is 37.3 Å². The minimum Gasteiger partial charge on any atom is -0.494 e. The van der Waals surface area contributed by atoms with Crippen LogP contribution in [0.4, 0.5) is 10.7 Å². The molecule has 1 aromatic carbocycles. The fraction of sp³-hybridized carbons (Fsp3) is 0.519. The first-order valence-electron chi connectivity index (χ1n) is 13.4. The lowest BCUT2D eigenvalue weighted by Crippen LogP contribution is -2.35. The van der Waals surface area contributed by atoms with Gasteiger partial charge < -0.3 is 19.1 Å². The van der Waals surface area contributed by atoms with E-state index in [0.29, 0.717) is 53.4 Å². The van der Waals surface area contributed by atoms with E-state index in [1.54, 1.807) is 41.5 Å². The molecule has 1 aliphatic rings. The Morgan fingerprint density at radius 2 is 1.71 bits per heavy atom. The van der Waals surface area contributed by atoms with E-state index in [4.69, 9.17) is 25.8 Å². The number of benzene rings is 1. The maximum absolute atomic E-state index is 13.7. The van der Waals surface area contributed by atoms with Gasteiger partial charge in [-0.3, -0.25) is 9.29 Å². The van der Waals surface area contributed by atoms with E-state index >= 15 is 0 Å². The Hall–Kier alpha value is -3.65. The van der Waals surface area contributed by atoms with Gasteiger partial charge in [-0.1, -0.05) is 24.6 Å². The van der Waals surface area contributed by atoms with Crippen LogP contribution in [0.2, 0.25) is 5.02 Å². The zero-order valence-corrected chi connectivity index (χ0v) is 26.2. The monoisotopic (exact) mass is 621 g/mol. The molecule has 4 rings (SSSR count). The Morgan fingerprint density at radius 3 is 2.29 bits per heavy atom. The van der Waals surface area contributed by atoms with E-state index in [1.165, 1.54) is 26.6 Å². The maximum Gasteiger partial charge on any atom is 0.410 e. The van der Waals surface area contributed by atoms with Crippen molar-refractivity contribution < 1.29 is 27.4 Å². The summed E-state index contributed by atoms with van der Waals surface area (Å²) >= 11 is 5.91. The fourth-order valence-corrected chi connectivity index (χ4v) is 5.95. The number of ether oxygens (including phenoxy) is 3.